The van der Waals surface area contributed by atoms with Gasteiger partial charge < -0.3 is 30.7 Å². The number of rotatable bonds is 13. The average molecular weight is 637 g/mol. The molecule has 43 heavy (non-hydrogen) atoms. The Bertz CT molecular complexity index is 1470. The zero-order chi connectivity index (χ0) is 31.3. The van der Waals surface area contributed by atoms with Crippen LogP contribution in [0.1, 0.15) is 11.7 Å². The molecule has 2 aliphatic heterocycles. The number of benzene rings is 1. The SMILES string of the molecule is Cn1nnnc1SCC1=C(C(=O)O)N2C(=O)[C@@H](NC(=O)C(OC=O)c3ccc(NC(=O)OC[C@@H](N)C(=O)O)cc3)[C@H]2SC1. The number of aromatic nitrogens is 4. The molecular formula is C23H24N8O10S2. The molecule has 0 aliphatic carbocycles. The number of nitrogens with zero attached hydrogens (tertiary/aromatic N) is 5. The van der Waals surface area contributed by atoms with Crippen LogP contribution in [0.5, 0.6) is 0 Å². The number of anilines is 1. The topological polar surface area (TPSA) is 258 Å². The zero-order valence-corrected chi connectivity index (χ0v) is 23.7. The van der Waals surface area contributed by atoms with Crippen molar-refractivity contribution >= 4 is 65.5 Å². The molecule has 4 atom stereocenters. The molecule has 3 amide bonds. The third-order valence-electron chi connectivity index (χ3n) is 6.11. The van der Waals surface area contributed by atoms with E-state index in [4.69, 9.17) is 20.3 Å². The number of carboxylic acids is 2. The van der Waals surface area contributed by atoms with E-state index in [0.29, 0.717) is 10.7 Å². The number of hydrogen-bond acceptors (Lipinski definition) is 14. The van der Waals surface area contributed by atoms with Crippen molar-refractivity contribution in [3.05, 3.63) is 41.1 Å². The van der Waals surface area contributed by atoms with Crippen LogP contribution >= 0.6 is 23.5 Å². The Morgan fingerprint density at radius 3 is 2.58 bits per heavy atom. The van der Waals surface area contributed by atoms with Crippen molar-refractivity contribution < 1.29 is 48.5 Å². The lowest BCUT2D eigenvalue weighted by Gasteiger charge is -2.49. The first-order valence-corrected chi connectivity index (χ1v) is 14.2. The highest BCUT2D eigenvalue weighted by atomic mass is 32.2. The number of thioether (sulfide) groups is 2. The minimum absolute atomic E-state index is 0.0611. The lowest BCUT2D eigenvalue weighted by atomic mass is 10.0. The molecule has 2 aromatic rings. The molecule has 0 radical (unpaired) electrons. The van der Waals surface area contributed by atoms with Gasteiger partial charge in [-0.2, -0.15) is 0 Å². The standard InChI is InChI=1S/C23H24N8O10S2/c1-30-22(27-28-29-30)43-8-11-7-42-19-14(18(34)31(19)15(11)21(37)38)26-17(33)16(41-9-32)10-2-4-12(5-3-10)25-23(39)40-6-13(24)20(35)36/h2-5,9,13-14,16,19H,6-8,24H2,1H3,(H,25,39)(H,26,33)(H,35,36)(H,37,38)/t13-,14-,16?,19-/m1/s1. The van der Waals surface area contributed by atoms with Gasteiger partial charge in [-0.3, -0.25) is 29.4 Å². The van der Waals surface area contributed by atoms with Crippen LogP contribution in [0.3, 0.4) is 0 Å². The van der Waals surface area contributed by atoms with Crippen LogP contribution in [0.15, 0.2) is 40.7 Å². The fraction of sp³-hybridized carbons (Fsp3) is 0.348. The normalized spacial score (nSPS) is 18.9. The maximum atomic E-state index is 13.1. The van der Waals surface area contributed by atoms with E-state index in [1.54, 1.807) is 7.05 Å². The summed E-state index contributed by atoms with van der Waals surface area (Å²) in [7, 11) is 1.64. The first-order valence-electron chi connectivity index (χ1n) is 12.2. The van der Waals surface area contributed by atoms with Crippen LogP contribution in [0, 0.1) is 0 Å². The van der Waals surface area contributed by atoms with Gasteiger partial charge in [0.05, 0.1) is 0 Å². The van der Waals surface area contributed by atoms with Gasteiger partial charge in [0, 0.05) is 29.8 Å². The van der Waals surface area contributed by atoms with E-state index < -0.39 is 60.0 Å². The quantitative estimate of drug-likeness (QED) is 0.0994. The lowest BCUT2D eigenvalue weighted by molar-refractivity contribution is -0.154. The van der Waals surface area contributed by atoms with Crippen LogP contribution in [0.25, 0.3) is 0 Å². The van der Waals surface area contributed by atoms with Crippen molar-refractivity contribution in [1.82, 2.24) is 30.4 Å². The predicted molar refractivity (Wildman–Crippen MR) is 146 cm³/mol. The summed E-state index contributed by atoms with van der Waals surface area (Å²) in [4.78, 5) is 73.1. The Labute approximate surface area is 250 Å². The van der Waals surface area contributed by atoms with Crippen molar-refractivity contribution in [2.45, 2.75) is 28.7 Å². The van der Waals surface area contributed by atoms with Crippen LogP contribution in [-0.2, 0) is 40.5 Å². The number of β-lactam (4-membered cyclic amide) rings is 1. The highest BCUT2D eigenvalue weighted by Gasteiger charge is 2.54. The Kier molecular flexibility index (Phi) is 9.83. The number of carbonyl (C=O) groups excluding carboxylic acids is 4. The summed E-state index contributed by atoms with van der Waals surface area (Å²) in [5.74, 6) is -3.61. The molecule has 6 N–H and O–H groups in total. The second kappa shape index (κ2) is 13.5. The molecule has 1 fully saturated rings. The van der Waals surface area contributed by atoms with E-state index in [1.807, 2.05) is 0 Å². The molecule has 18 nitrogen and oxygen atoms in total. The van der Waals surface area contributed by atoms with Gasteiger partial charge in [0.1, 0.15) is 29.8 Å². The molecule has 4 rings (SSSR count). The minimum atomic E-state index is -1.47. The summed E-state index contributed by atoms with van der Waals surface area (Å²) in [5.41, 5.74) is 6.00. The first kappa shape index (κ1) is 31.3. The summed E-state index contributed by atoms with van der Waals surface area (Å²) in [6.45, 7) is -0.499. The van der Waals surface area contributed by atoms with E-state index in [1.165, 1.54) is 52.5 Å². The molecule has 2 aliphatic rings. The largest absolute Gasteiger partial charge is 0.480 e. The summed E-state index contributed by atoms with van der Waals surface area (Å²) >= 11 is 2.48. The number of amides is 3. The van der Waals surface area contributed by atoms with Crippen molar-refractivity contribution in [1.29, 1.82) is 0 Å². The first-order chi connectivity index (χ1) is 20.5. The highest BCUT2D eigenvalue weighted by Crippen LogP contribution is 2.41. The molecular weight excluding hydrogens is 612 g/mol. The van der Waals surface area contributed by atoms with Crippen molar-refractivity contribution in [2.24, 2.45) is 12.8 Å². The molecule has 1 saturated heterocycles. The average Bonchev–Trinajstić information content (AvgIpc) is 3.40. The van der Waals surface area contributed by atoms with Crippen molar-refractivity contribution in [3.63, 3.8) is 0 Å². The van der Waals surface area contributed by atoms with E-state index in [9.17, 15) is 33.9 Å². The number of nitrogens with two attached hydrogens (primary N) is 1. The third-order valence-corrected chi connectivity index (χ3v) is 8.54. The van der Waals surface area contributed by atoms with E-state index in [2.05, 4.69) is 26.2 Å². The maximum absolute atomic E-state index is 13.1. The van der Waals surface area contributed by atoms with E-state index in [0.717, 1.165) is 4.90 Å². The molecule has 1 aromatic heterocycles. The third kappa shape index (κ3) is 7.04. The molecule has 0 saturated carbocycles. The Morgan fingerprint density at radius 1 is 1.26 bits per heavy atom. The van der Waals surface area contributed by atoms with Crippen LogP contribution in [0.2, 0.25) is 0 Å². The molecule has 3 heterocycles. The number of aliphatic carboxylic acids is 2. The predicted octanol–water partition coefficient (Wildman–Crippen LogP) is -1.08. The summed E-state index contributed by atoms with van der Waals surface area (Å²) in [6.07, 6.45) is -2.44. The number of hydrogen-bond donors (Lipinski definition) is 5. The van der Waals surface area contributed by atoms with Gasteiger partial charge in [-0.15, -0.1) is 16.9 Å². The van der Waals surface area contributed by atoms with E-state index in [-0.39, 0.29) is 34.9 Å². The fourth-order valence-electron chi connectivity index (χ4n) is 4.00. The van der Waals surface area contributed by atoms with Gasteiger partial charge in [0.2, 0.25) is 11.3 Å². The van der Waals surface area contributed by atoms with Gasteiger partial charge in [-0.25, -0.2) is 14.3 Å². The molecule has 1 aromatic carbocycles. The number of ether oxygens (including phenoxy) is 2. The number of nitrogens with one attached hydrogen (secondary N) is 2. The fourth-order valence-corrected chi connectivity index (χ4v) is 6.33. The Hall–Kier alpha value is -4.69. The molecule has 228 valence electrons. The molecule has 1 unspecified atom stereocenters. The number of aryl methyl sites for hydroxylation is 1. The lowest BCUT2D eigenvalue weighted by Crippen LogP contribution is -2.71. The second-order valence-electron chi connectivity index (χ2n) is 8.93. The van der Waals surface area contributed by atoms with Gasteiger partial charge in [-0.1, -0.05) is 23.9 Å². The number of carboxylic acid groups (broad SMARTS) is 2. The Morgan fingerprint density at radius 2 is 1.98 bits per heavy atom. The molecule has 20 heteroatoms. The highest BCUT2D eigenvalue weighted by molar-refractivity contribution is 8.01. The van der Waals surface area contributed by atoms with Gasteiger partial charge in [0.15, 0.2) is 0 Å². The zero-order valence-electron chi connectivity index (χ0n) is 22.1. The maximum Gasteiger partial charge on any atom is 0.411 e. The summed E-state index contributed by atoms with van der Waals surface area (Å²) in [6, 6.07) is 3.02. The minimum Gasteiger partial charge on any atom is -0.480 e. The van der Waals surface area contributed by atoms with E-state index >= 15 is 0 Å². The van der Waals surface area contributed by atoms with Gasteiger partial charge >= 0.3 is 18.0 Å². The molecule has 0 bridgehead atoms. The summed E-state index contributed by atoms with van der Waals surface area (Å²) in [5, 5.41) is 34.4. The van der Waals surface area contributed by atoms with Crippen molar-refractivity contribution in [2.75, 3.05) is 23.4 Å². The van der Waals surface area contributed by atoms with Crippen LogP contribution in [0.4, 0.5) is 10.5 Å². The number of tetrazole rings is 1. The Balaban J connectivity index is 1.39. The monoisotopic (exact) mass is 636 g/mol. The van der Waals surface area contributed by atoms with Crippen LogP contribution in [-0.4, -0.2) is 107 Å². The van der Waals surface area contributed by atoms with Gasteiger partial charge in [-0.05, 0) is 28.1 Å². The summed E-state index contributed by atoms with van der Waals surface area (Å²) < 4.78 is 11.1. The number of fused-ring (bicyclic) bond motifs is 1. The second-order valence-corrected chi connectivity index (χ2v) is 11.0. The molecule has 0 spiro atoms. The number of carbonyl (C=O) groups is 6. The van der Waals surface area contributed by atoms with Gasteiger partial charge in [0.25, 0.3) is 18.3 Å². The smallest absolute Gasteiger partial charge is 0.411 e. The van der Waals surface area contributed by atoms with Crippen LogP contribution < -0.4 is 16.4 Å². The van der Waals surface area contributed by atoms with Crippen molar-refractivity contribution in [3.8, 4) is 0 Å².